The monoisotopic (exact) mass is 291 g/mol. The summed E-state index contributed by atoms with van der Waals surface area (Å²) in [6.45, 7) is 1.77. The van der Waals surface area contributed by atoms with E-state index < -0.39 is 23.6 Å². The molecule has 2 N–H and O–H groups in total. The molecular formula is C16H15F2NO2. The van der Waals surface area contributed by atoms with Crippen LogP contribution >= 0.6 is 0 Å². The first-order valence-electron chi connectivity index (χ1n) is 6.45. The van der Waals surface area contributed by atoms with Gasteiger partial charge in [0.1, 0.15) is 11.6 Å². The topological polar surface area (TPSA) is 49.3 Å². The second-order valence-electron chi connectivity index (χ2n) is 4.81. The minimum Gasteiger partial charge on any atom is -0.388 e. The normalized spacial score (nSPS) is 12.0. The van der Waals surface area contributed by atoms with Crippen LogP contribution in [0.15, 0.2) is 42.5 Å². The quantitative estimate of drug-likeness (QED) is 0.907. The molecule has 0 aliphatic carbocycles. The predicted molar refractivity (Wildman–Crippen MR) is 75.7 cm³/mol. The summed E-state index contributed by atoms with van der Waals surface area (Å²) < 4.78 is 26.6. The van der Waals surface area contributed by atoms with Gasteiger partial charge in [-0.25, -0.2) is 8.78 Å². The summed E-state index contributed by atoms with van der Waals surface area (Å²) in [5.74, 6) is -1.58. The number of nitrogens with one attached hydrogen (secondary N) is 1. The van der Waals surface area contributed by atoms with E-state index in [-0.39, 0.29) is 12.1 Å². The summed E-state index contributed by atoms with van der Waals surface area (Å²) in [6, 6.07) is 9.73. The van der Waals surface area contributed by atoms with Crippen LogP contribution in [-0.2, 0) is 4.79 Å². The SMILES string of the molecule is Cc1ccc(F)c(NC(=O)CC(O)c2cccc(F)c2)c1. The Bertz CT molecular complexity index is 658. The molecule has 0 aliphatic heterocycles. The molecule has 5 heteroatoms. The Morgan fingerprint density at radius 2 is 2.00 bits per heavy atom. The Kier molecular flexibility index (Phi) is 4.65. The van der Waals surface area contributed by atoms with E-state index in [9.17, 15) is 18.7 Å². The van der Waals surface area contributed by atoms with Gasteiger partial charge in [0.25, 0.3) is 0 Å². The van der Waals surface area contributed by atoms with Crippen molar-refractivity contribution in [2.75, 3.05) is 5.32 Å². The molecule has 1 atom stereocenters. The van der Waals surface area contributed by atoms with Crippen molar-refractivity contribution in [3.8, 4) is 0 Å². The fraction of sp³-hybridized carbons (Fsp3) is 0.188. The average Bonchev–Trinajstić information content (AvgIpc) is 2.42. The third-order valence-corrected chi connectivity index (χ3v) is 3.01. The lowest BCUT2D eigenvalue weighted by Gasteiger charge is -2.12. The smallest absolute Gasteiger partial charge is 0.227 e. The average molecular weight is 291 g/mol. The van der Waals surface area contributed by atoms with Gasteiger partial charge in [0.2, 0.25) is 5.91 Å². The molecule has 0 radical (unpaired) electrons. The van der Waals surface area contributed by atoms with Crippen molar-refractivity contribution >= 4 is 11.6 Å². The van der Waals surface area contributed by atoms with Gasteiger partial charge in [-0.2, -0.15) is 0 Å². The van der Waals surface area contributed by atoms with E-state index in [0.29, 0.717) is 5.56 Å². The van der Waals surface area contributed by atoms with Gasteiger partial charge in [0.15, 0.2) is 0 Å². The van der Waals surface area contributed by atoms with E-state index in [1.54, 1.807) is 13.0 Å². The molecule has 110 valence electrons. The van der Waals surface area contributed by atoms with E-state index in [2.05, 4.69) is 5.32 Å². The van der Waals surface area contributed by atoms with E-state index in [1.807, 2.05) is 0 Å². The second-order valence-corrected chi connectivity index (χ2v) is 4.81. The van der Waals surface area contributed by atoms with E-state index >= 15 is 0 Å². The third kappa shape index (κ3) is 4.10. The lowest BCUT2D eigenvalue weighted by Crippen LogP contribution is -2.16. The standard InChI is InChI=1S/C16H15F2NO2/c1-10-5-6-13(18)14(7-10)19-16(21)9-15(20)11-3-2-4-12(17)8-11/h2-8,15,20H,9H2,1H3,(H,19,21). The first kappa shape index (κ1) is 15.1. The highest BCUT2D eigenvalue weighted by Crippen LogP contribution is 2.20. The Balaban J connectivity index is 2.03. The molecule has 21 heavy (non-hydrogen) atoms. The molecule has 1 amide bonds. The van der Waals surface area contributed by atoms with E-state index in [4.69, 9.17) is 0 Å². The molecule has 2 aromatic rings. The summed E-state index contributed by atoms with van der Waals surface area (Å²) in [7, 11) is 0. The number of amides is 1. The lowest BCUT2D eigenvalue weighted by atomic mass is 10.1. The van der Waals surface area contributed by atoms with Crippen LogP contribution in [0.4, 0.5) is 14.5 Å². The molecular weight excluding hydrogens is 276 g/mol. The molecule has 2 rings (SSSR count). The zero-order valence-electron chi connectivity index (χ0n) is 11.4. The Morgan fingerprint density at radius 3 is 2.71 bits per heavy atom. The first-order chi connectivity index (χ1) is 9.95. The highest BCUT2D eigenvalue weighted by Gasteiger charge is 2.15. The minimum absolute atomic E-state index is 0.0615. The largest absolute Gasteiger partial charge is 0.388 e. The number of hydrogen-bond donors (Lipinski definition) is 2. The van der Waals surface area contributed by atoms with Crippen molar-refractivity contribution < 1.29 is 18.7 Å². The number of aryl methyl sites for hydroxylation is 1. The van der Waals surface area contributed by atoms with Crippen molar-refractivity contribution in [3.63, 3.8) is 0 Å². The highest BCUT2D eigenvalue weighted by molar-refractivity contribution is 5.91. The summed E-state index contributed by atoms with van der Waals surface area (Å²) >= 11 is 0. The Hall–Kier alpha value is -2.27. The number of halogens is 2. The van der Waals surface area contributed by atoms with Crippen molar-refractivity contribution in [1.29, 1.82) is 0 Å². The summed E-state index contributed by atoms with van der Waals surface area (Å²) in [6.07, 6.45) is -1.43. The van der Waals surface area contributed by atoms with Crippen LogP contribution in [0.25, 0.3) is 0 Å². The number of aliphatic hydroxyl groups excluding tert-OH is 1. The number of anilines is 1. The molecule has 0 spiro atoms. The molecule has 0 bridgehead atoms. The van der Waals surface area contributed by atoms with Gasteiger partial charge in [0.05, 0.1) is 18.2 Å². The van der Waals surface area contributed by atoms with Gasteiger partial charge in [0, 0.05) is 0 Å². The number of aliphatic hydroxyl groups is 1. The highest BCUT2D eigenvalue weighted by atomic mass is 19.1. The summed E-state index contributed by atoms with van der Waals surface area (Å²) in [5.41, 5.74) is 1.17. The fourth-order valence-corrected chi connectivity index (χ4v) is 1.94. The lowest BCUT2D eigenvalue weighted by molar-refractivity contribution is -0.118. The number of hydrogen-bond acceptors (Lipinski definition) is 2. The molecule has 3 nitrogen and oxygen atoms in total. The van der Waals surface area contributed by atoms with Crippen molar-refractivity contribution in [2.24, 2.45) is 0 Å². The molecule has 0 heterocycles. The van der Waals surface area contributed by atoms with Crippen LogP contribution in [0.2, 0.25) is 0 Å². The van der Waals surface area contributed by atoms with Gasteiger partial charge >= 0.3 is 0 Å². The molecule has 0 aromatic heterocycles. The number of carbonyl (C=O) groups excluding carboxylic acids is 1. The van der Waals surface area contributed by atoms with Crippen LogP contribution in [-0.4, -0.2) is 11.0 Å². The molecule has 0 saturated heterocycles. The first-order valence-corrected chi connectivity index (χ1v) is 6.45. The van der Waals surface area contributed by atoms with E-state index in [1.165, 1.54) is 30.3 Å². The van der Waals surface area contributed by atoms with Crippen LogP contribution < -0.4 is 5.32 Å². The van der Waals surface area contributed by atoms with Crippen LogP contribution in [0, 0.1) is 18.6 Å². The Morgan fingerprint density at radius 1 is 1.24 bits per heavy atom. The molecule has 0 saturated carbocycles. The number of rotatable bonds is 4. The number of benzene rings is 2. The molecule has 1 unspecified atom stereocenters. The van der Waals surface area contributed by atoms with E-state index in [0.717, 1.165) is 11.6 Å². The minimum atomic E-state index is -1.14. The molecule has 0 aliphatic rings. The number of carbonyl (C=O) groups is 1. The van der Waals surface area contributed by atoms with Crippen molar-refractivity contribution in [3.05, 3.63) is 65.2 Å². The van der Waals surface area contributed by atoms with Gasteiger partial charge in [-0.15, -0.1) is 0 Å². The van der Waals surface area contributed by atoms with Gasteiger partial charge < -0.3 is 10.4 Å². The van der Waals surface area contributed by atoms with Crippen LogP contribution in [0.1, 0.15) is 23.7 Å². The third-order valence-electron chi connectivity index (χ3n) is 3.01. The summed E-state index contributed by atoms with van der Waals surface area (Å²) in [5, 5.41) is 12.3. The maximum atomic E-state index is 13.5. The van der Waals surface area contributed by atoms with Crippen molar-refractivity contribution in [1.82, 2.24) is 0 Å². The van der Waals surface area contributed by atoms with Gasteiger partial charge in [-0.1, -0.05) is 18.2 Å². The zero-order chi connectivity index (χ0) is 15.4. The second kappa shape index (κ2) is 6.45. The van der Waals surface area contributed by atoms with Crippen LogP contribution in [0.3, 0.4) is 0 Å². The molecule has 2 aromatic carbocycles. The molecule has 0 fully saturated rings. The fourth-order valence-electron chi connectivity index (χ4n) is 1.94. The maximum Gasteiger partial charge on any atom is 0.227 e. The zero-order valence-corrected chi connectivity index (χ0v) is 11.4. The predicted octanol–water partition coefficient (Wildman–Crippen LogP) is 3.34. The van der Waals surface area contributed by atoms with Gasteiger partial charge in [-0.05, 0) is 42.3 Å². The summed E-state index contributed by atoms with van der Waals surface area (Å²) in [4.78, 5) is 11.8. The van der Waals surface area contributed by atoms with Crippen LogP contribution in [0.5, 0.6) is 0 Å². The van der Waals surface area contributed by atoms with Gasteiger partial charge in [-0.3, -0.25) is 4.79 Å². The Labute approximate surface area is 121 Å². The maximum absolute atomic E-state index is 13.5. The van der Waals surface area contributed by atoms with Crippen molar-refractivity contribution in [2.45, 2.75) is 19.4 Å².